The number of nitriles is 1. The Morgan fingerprint density at radius 3 is 2.45 bits per heavy atom. The summed E-state index contributed by atoms with van der Waals surface area (Å²) < 4.78 is 38.4. The molecule has 4 N–H and O–H groups in total. The largest absolute Gasteiger partial charge is 0.417 e. The van der Waals surface area contributed by atoms with E-state index in [4.69, 9.17) is 28.3 Å². The first-order valence-corrected chi connectivity index (χ1v) is 5.40. The minimum absolute atomic E-state index is 0.0947. The van der Waals surface area contributed by atoms with Crippen molar-refractivity contribution in [2.75, 3.05) is 11.5 Å². The van der Waals surface area contributed by atoms with E-state index in [1.165, 1.54) is 0 Å². The number of anilines is 2. The van der Waals surface area contributed by atoms with E-state index in [1.54, 1.807) is 6.07 Å². The van der Waals surface area contributed by atoms with Gasteiger partial charge in [0.15, 0.2) is 11.6 Å². The molecule has 0 bridgehead atoms. The molecule has 2 heterocycles. The molecule has 6 nitrogen and oxygen atoms in total. The topological polar surface area (TPSA) is 107 Å². The number of hydrogen-bond donors (Lipinski definition) is 2. The second-order valence-electron chi connectivity index (χ2n) is 3.70. The van der Waals surface area contributed by atoms with Crippen LogP contribution in [0.1, 0.15) is 11.1 Å². The molecule has 104 valence electrons. The van der Waals surface area contributed by atoms with Gasteiger partial charge in [0.05, 0.1) is 10.6 Å². The van der Waals surface area contributed by atoms with Gasteiger partial charge in [0, 0.05) is 6.20 Å². The third-order valence-corrected chi connectivity index (χ3v) is 2.69. The van der Waals surface area contributed by atoms with Crippen LogP contribution in [-0.4, -0.2) is 14.8 Å². The summed E-state index contributed by atoms with van der Waals surface area (Å²) in [6, 6.07) is 2.41. The molecular formula is C10H6ClF3N6. The number of alkyl halides is 3. The van der Waals surface area contributed by atoms with Crippen LogP contribution in [0.15, 0.2) is 12.3 Å². The van der Waals surface area contributed by atoms with Gasteiger partial charge < -0.3 is 11.5 Å². The lowest BCUT2D eigenvalue weighted by molar-refractivity contribution is -0.137. The van der Waals surface area contributed by atoms with Gasteiger partial charge in [-0.25, -0.2) is 4.98 Å². The number of hydrogen-bond acceptors (Lipinski definition) is 5. The molecule has 0 spiro atoms. The van der Waals surface area contributed by atoms with Gasteiger partial charge in [-0.05, 0) is 6.07 Å². The summed E-state index contributed by atoms with van der Waals surface area (Å²) in [6.07, 6.45) is -3.98. The van der Waals surface area contributed by atoms with Crippen LogP contribution >= 0.6 is 11.6 Å². The van der Waals surface area contributed by atoms with Crippen molar-refractivity contribution < 1.29 is 13.2 Å². The van der Waals surface area contributed by atoms with Gasteiger partial charge in [-0.3, -0.25) is 0 Å². The zero-order valence-electron chi connectivity index (χ0n) is 9.61. The van der Waals surface area contributed by atoms with E-state index < -0.39 is 11.7 Å². The van der Waals surface area contributed by atoms with E-state index in [-0.39, 0.29) is 28.0 Å². The standard InChI is InChI=1S/C10H6ClF3N6/c11-6-1-4(10(12,13)14)3-18-9(6)20-8(17)5(2-15)7(16)19-20/h1,3H,17H2,(H2,16,19). The molecule has 0 aliphatic heterocycles. The lowest BCUT2D eigenvalue weighted by Gasteiger charge is -2.09. The molecule has 0 radical (unpaired) electrons. The number of nitrogens with two attached hydrogens (primary N) is 2. The smallest absolute Gasteiger partial charge is 0.382 e. The number of aromatic nitrogens is 3. The summed E-state index contributed by atoms with van der Waals surface area (Å²) >= 11 is 5.74. The Labute approximate surface area is 115 Å². The van der Waals surface area contributed by atoms with Gasteiger partial charge in [0.1, 0.15) is 17.5 Å². The molecule has 0 amide bonds. The Balaban J connectivity index is 2.58. The molecule has 2 aromatic heterocycles. The number of rotatable bonds is 1. The van der Waals surface area contributed by atoms with E-state index in [9.17, 15) is 13.2 Å². The molecule has 0 fully saturated rings. The fourth-order valence-corrected chi connectivity index (χ4v) is 1.71. The Morgan fingerprint density at radius 1 is 1.35 bits per heavy atom. The predicted octanol–water partition coefficient (Wildman–Crippen LogP) is 1.98. The molecular weight excluding hydrogens is 297 g/mol. The summed E-state index contributed by atoms with van der Waals surface area (Å²) in [6.45, 7) is 0. The minimum Gasteiger partial charge on any atom is -0.382 e. The molecule has 0 aliphatic rings. The van der Waals surface area contributed by atoms with Crippen molar-refractivity contribution in [2.24, 2.45) is 0 Å². The van der Waals surface area contributed by atoms with Crippen molar-refractivity contribution in [1.82, 2.24) is 14.8 Å². The molecule has 0 saturated heterocycles. The average molecular weight is 303 g/mol. The maximum atomic E-state index is 12.5. The third kappa shape index (κ3) is 2.21. The summed E-state index contributed by atoms with van der Waals surface area (Å²) in [5.41, 5.74) is 9.97. The van der Waals surface area contributed by atoms with Crippen LogP contribution in [0.4, 0.5) is 24.8 Å². The SMILES string of the molecule is N#Cc1c(N)nn(-c2ncc(C(F)(F)F)cc2Cl)c1N. The maximum Gasteiger partial charge on any atom is 0.417 e. The van der Waals surface area contributed by atoms with Gasteiger partial charge in [-0.15, -0.1) is 5.10 Å². The highest BCUT2D eigenvalue weighted by Gasteiger charge is 2.32. The van der Waals surface area contributed by atoms with E-state index >= 15 is 0 Å². The van der Waals surface area contributed by atoms with Crippen molar-refractivity contribution >= 4 is 23.2 Å². The average Bonchev–Trinajstić information content (AvgIpc) is 2.63. The van der Waals surface area contributed by atoms with Crippen molar-refractivity contribution in [3.8, 4) is 11.9 Å². The van der Waals surface area contributed by atoms with Crippen LogP contribution in [0.3, 0.4) is 0 Å². The van der Waals surface area contributed by atoms with Crippen LogP contribution < -0.4 is 11.5 Å². The van der Waals surface area contributed by atoms with Crippen LogP contribution in [0, 0.1) is 11.3 Å². The highest BCUT2D eigenvalue weighted by molar-refractivity contribution is 6.32. The lowest BCUT2D eigenvalue weighted by Crippen LogP contribution is -2.09. The summed E-state index contributed by atoms with van der Waals surface area (Å²) in [5.74, 6) is -0.465. The lowest BCUT2D eigenvalue weighted by atomic mass is 10.3. The Hall–Kier alpha value is -2.47. The van der Waals surface area contributed by atoms with Crippen molar-refractivity contribution in [3.63, 3.8) is 0 Å². The van der Waals surface area contributed by atoms with E-state index in [2.05, 4.69) is 10.1 Å². The van der Waals surface area contributed by atoms with Crippen LogP contribution in [0.25, 0.3) is 5.82 Å². The highest BCUT2D eigenvalue weighted by Crippen LogP contribution is 2.33. The van der Waals surface area contributed by atoms with E-state index in [0.717, 1.165) is 4.68 Å². The maximum absolute atomic E-state index is 12.5. The molecule has 2 rings (SSSR count). The first kappa shape index (κ1) is 14.0. The van der Waals surface area contributed by atoms with Gasteiger partial charge >= 0.3 is 6.18 Å². The van der Waals surface area contributed by atoms with Crippen LogP contribution in [0.5, 0.6) is 0 Å². The van der Waals surface area contributed by atoms with Gasteiger partial charge in [0.25, 0.3) is 0 Å². The Kier molecular flexibility index (Phi) is 3.19. The molecule has 2 aromatic rings. The molecule has 0 unspecified atom stereocenters. The first-order valence-electron chi connectivity index (χ1n) is 5.03. The van der Waals surface area contributed by atoms with E-state index in [1.807, 2.05) is 0 Å². The normalized spacial score (nSPS) is 11.3. The molecule has 0 saturated carbocycles. The Morgan fingerprint density at radius 2 is 2.00 bits per heavy atom. The molecule has 10 heteroatoms. The quantitative estimate of drug-likeness (QED) is 0.837. The monoisotopic (exact) mass is 302 g/mol. The number of nitrogens with zero attached hydrogens (tertiary/aromatic N) is 4. The first-order chi connectivity index (χ1) is 9.25. The number of pyridine rings is 1. The van der Waals surface area contributed by atoms with E-state index in [0.29, 0.717) is 12.3 Å². The number of nitrogen functional groups attached to an aromatic ring is 2. The fourth-order valence-electron chi connectivity index (χ4n) is 1.47. The summed E-state index contributed by atoms with van der Waals surface area (Å²) in [7, 11) is 0. The zero-order chi connectivity index (χ0) is 15.1. The second kappa shape index (κ2) is 4.57. The second-order valence-corrected chi connectivity index (χ2v) is 4.10. The summed E-state index contributed by atoms with van der Waals surface area (Å²) in [4.78, 5) is 3.57. The third-order valence-electron chi connectivity index (χ3n) is 2.41. The van der Waals surface area contributed by atoms with Crippen LogP contribution in [-0.2, 0) is 6.18 Å². The zero-order valence-corrected chi connectivity index (χ0v) is 10.4. The minimum atomic E-state index is -4.57. The van der Waals surface area contributed by atoms with Crippen molar-refractivity contribution in [3.05, 3.63) is 28.4 Å². The molecule has 20 heavy (non-hydrogen) atoms. The summed E-state index contributed by atoms with van der Waals surface area (Å²) in [5, 5.41) is 12.2. The molecule has 0 atom stereocenters. The Bertz CT molecular complexity index is 715. The fraction of sp³-hybridized carbons (Fsp3) is 0.100. The highest BCUT2D eigenvalue weighted by atomic mass is 35.5. The van der Waals surface area contributed by atoms with Gasteiger partial charge in [-0.2, -0.15) is 23.1 Å². The molecule has 0 aromatic carbocycles. The van der Waals surface area contributed by atoms with Crippen molar-refractivity contribution in [1.29, 1.82) is 5.26 Å². The number of halogens is 4. The van der Waals surface area contributed by atoms with Crippen LogP contribution in [0.2, 0.25) is 5.02 Å². The predicted molar refractivity (Wildman–Crippen MR) is 64.9 cm³/mol. The van der Waals surface area contributed by atoms with Crippen molar-refractivity contribution in [2.45, 2.75) is 6.18 Å². The van der Waals surface area contributed by atoms with Gasteiger partial charge in [0.2, 0.25) is 0 Å². The molecule has 0 aliphatic carbocycles. The van der Waals surface area contributed by atoms with Gasteiger partial charge in [-0.1, -0.05) is 11.6 Å².